The Hall–Kier alpha value is -2.13. The molecule has 5 rings (SSSR count). The minimum Gasteiger partial charge on any atom is -0.279 e. The van der Waals surface area contributed by atoms with E-state index in [1.165, 1.54) is 12.8 Å². The molecule has 0 N–H and O–H groups in total. The van der Waals surface area contributed by atoms with Crippen molar-refractivity contribution in [2.24, 2.45) is 0 Å². The van der Waals surface area contributed by atoms with Gasteiger partial charge in [0.1, 0.15) is 11.5 Å². The van der Waals surface area contributed by atoms with Crippen molar-refractivity contribution in [3.63, 3.8) is 0 Å². The van der Waals surface area contributed by atoms with E-state index in [4.69, 9.17) is 21.6 Å². The smallest absolute Gasteiger partial charge is 0.148 e. The first-order valence-electron chi connectivity index (χ1n) is 7.17. The van der Waals surface area contributed by atoms with E-state index in [1.807, 2.05) is 24.3 Å². The molecule has 102 valence electrons. The topological polar surface area (TPSA) is 30.2 Å². The highest BCUT2D eigenvalue weighted by Crippen LogP contribution is 2.41. The van der Waals surface area contributed by atoms with Crippen molar-refractivity contribution in [2.45, 2.75) is 18.8 Å². The molecule has 1 aliphatic rings. The summed E-state index contributed by atoms with van der Waals surface area (Å²) >= 11 is 6.17. The quantitative estimate of drug-likeness (QED) is 0.515. The summed E-state index contributed by atoms with van der Waals surface area (Å²) in [7, 11) is 0. The Morgan fingerprint density at radius 2 is 1.86 bits per heavy atom. The molecule has 4 heteroatoms. The van der Waals surface area contributed by atoms with E-state index < -0.39 is 0 Å². The summed E-state index contributed by atoms with van der Waals surface area (Å²) < 4.78 is 2.21. The lowest BCUT2D eigenvalue weighted by molar-refractivity contribution is 0.917. The Labute approximate surface area is 126 Å². The van der Waals surface area contributed by atoms with Crippen LogP contribution in [0.5, 0.6) is 0 Å². The van der Waals surface area contributed by atoms with Gasteiger partial charge in [-0.1, -0.05) is 23.7 Å². The lowest BCUT2D eigenvalue weighted by atomic mass is 10.2. The molecule has 2 aromatic carbocycles. The first kappa shape index (κ1) is 11.5. The zero-order valence-electron chi connectivity index (χ0n) is 11.3. The van der Waals surface area contributed by atoms with Crippen LogP contribution in [0.1, 0.15) is 24.6 Å². The molecule has 3 nitrogen and oxygen atoms in total. The van der Waals surface area contributed by atoms with Crippen LogP contribution in [0.4, 0.5) is 0 Å². The number of fused-ring (bicyclic) bond motifs is 5. The van der Waals surface area contributed by atoms with E-state index in [2.05, 4.69) is 22.6 Å². The maximum atomic E-state index is 6.17. The Morgan fingerprint density at radius 3 is 2.71 bits per heavy atom. The minimum absolute atomic E-state index is 0.560. The number of hydrogen-bond acceptors (Lipinski definition) is 2. The van der Waals surface area contributed by atoms with E-state index >= 15 is 0 Å². The summed E-state index contributed by atoms with van der Waals surface area (Å²) in [6.45, 7) is 0. The molecule has 4 aromatic rings. The normalized spacial score (nSPS) is 15.3. The number of benzene rings is 2. The van der Waals surface area contributed by atoms with Crippen LogP contribution in [0.25, 0.3) is 27.6 Å². The molecule has 2 aromatic heterocycles. The average Bonchev–Trinajstić information content (AvgIpc) is 3.26. The third-order valence-electron chi connectivity index (χ3n) is 4.17. The number of imidazole rings is 1. The lowest BCUT2D eigenvalue weighted by Crippen LogP contribution is -2.00. The molecule has 21 heavy (non-hydrogen) atoms. The van der Waals surface area contributed by atoms with Gasteiger partial charge in [0.2, 0.25) is 0 Å². The summed E-state index contributed by atoms with van der Waals surface area (Å²) in [5, 5.41) is 1.74. The molecular formula is C17H12ClN3. The van der Waals surface area contributed by atoms with Crippen molar-refractivity contribution in [1.29, 1.82) is 0 Å². The van der Waals surface area contributed by atoms with Crippen molar-refractivity contribution in [1.82, 2.24) is 14.4 Å². The molecule has 0 saturated heterocycles. The van der Waals surface area contributed by atoms with E-state index in [9.17, 15) is 0 Å². The Morgan fingerprint density at radius 1 is 1.00 bits per heavy atom. The van der Waals surface area contributed by atoms with Crippen LogP contribution in [0.15, 0.2) is 42.5 Å². The van der Waals surface area contributed by atoms with Gasteiger partial charge in [-0.25, -0.2) is 9.97 Å². The van der Waals surface area contributed by atoms with Gasteiger partial charge in [0, 0.05) is 16.3 Å². The molecule has 0 unspecified atom stereocenters. The highest BCUT2D eigenvalue weighted by atomic mass is 35.5. The molecule has 0 bridgehead atoms. The summed E-state index contributed by atoms with van der Waals surface area (Å²) in [6.07, 6.45) is 2.43. The first-order chi connectivity index (χ1) is 10.3. The molecule has 1 fully saturated rings. The van der Waals surface area contributed by atoms with Gasteiger partial charge in [0.05, 0.1) is 16.6 Å². The summed E-state index contributed by atoms with van der Waals surface area (Å²) in [5.74, 6) is 1.69. The van der Waals surface area contributed by atoms with Crippen molar-refractivity contribution in [3.8, 4) is 0 Å². The number of rotatable bonds is 1. The maximum Gasteiger partial charge on any atom is 0.148 e. The van der Waals surface area contributed by atoms with E-state index in [0.717, 1.165) is 38.4 Å². The molecular weight excluding hydrogens is 282 g/mol. The van der Waals surface area contributed by atoms with Gasteiger partial charge in [0.25, 0.3) is 0 Å². The van der Waals surface area contributed by atoms with Gasteiger partial charge < -0.3 is 0 Å². The van der Waals surface area contributed by atoms with Crippen LogP contribution in [-0.4, -0.2) is 14.4 Å². The molecule has 0 amide bonds. The Bertz CT molecular complexity index is 1010. The minimum atomic E-state index is 0.560. The summed E-state index contributed by atoms with van der Waals surface area (Å²) in [6, 6.07) is 14.1. The molecule has 1 saturated carbocycles. The van der Waals surface area contributed by atoms with Crippen LogP contribution in [0.2, 0.25) is 5.02 Å². The van der Waals surface area contributed by atoms with Crippen molar-refractivity contribution in [3.05, 3.63) is 53.3 Å². The SMILES string of the molecule is Clc1ccc2nc(C3CC3)n3c4ccccc4nc3c2c1. The van der Waals surface area contributed by atoms with Crippen LogP contribution in [-0.2, 0) is 0 Å². The van der Waals surface area contributed by atoms with E-state index in [-0.39, 0.29) is 0 Å². The average molecular weight is 294 g/mol. The molecule has 0 spiro atoms. The fourth-order valence-electron chi connectivity index (χ4n) is 3.01. The lowest BCUT2D eigenvalue weighted by Gasteiger charge is -2.08. The van der Waals surface area contributed by atoms with Crippen LogP contribution >= 0.6 is 11.6 Å². The molecule has 0 atom stereocenters. The molecule has 0 aliphatic heterocycles. The fraction of sp³-hybridized carbons (Fsp3) is 0.176. The molecule has 2 heterocycles. The third-order valence-corrected chi connectivity index (χ3v) is 4.40. The molecule has 0 radical (unpaired) electrons. The highest BCUT2D eigenvalue weighted by molar-refractivity contribution is 6.31. The van der Waals surface area contributed by atoms with Crippen molar-refractivity contribution in [2.75, 3.05) is 0 Å². The number of aromatic nitrogens is 3. The van der Waals surface area contributed by atoms with Gasteiger partial charge in [-0.3, -0.25) is 4.40 Å². The van der Waals surface area contributed by atoms with Gasteiger partial charge in [-0.05, 0) is 43.2 Å². The number of halogens is 1. The number of hydrogen-bond donors (Lipinski definition) is 0. The second kappa shape index (κ2) is 3.95. The van der Waals surface area contributed by atoms with Gasteiger partial charge in [-0.15, -0.1) is 0 Å². The predicted octanol–water partition coefficient (Wildman–Crippen LogP) is 4.57. The van der Waals surface area contributed by atoms with Gasteiger partial charge in [-0.2, -0.15) is 0 Å². The van der Waals surface area contributed by atoms with E-state index in [0.29, 0.717) is 5.92 Å². The first-order valence-corrected chi connectivity index (χ1v) is 7.55. The van der Waals surface area contributed by atoms with Gasteiger partial charge >= 0.3 is 0 Å². The van der Waals surface area contributed by atoms with Crippen LogP contribution in [0, 0.1) is 0 Å². The summed E-state index contributed by atoms with van der Waals surface area (Å²) in [4.78, 5) is 9.71. The zero-order chi connectivity index (χ0) is 14.0. The van der Waals surface area contributed by atoms with Crippen molar-refractivity contribution >= 4 is 39.2 Å². The second-order valence-electron chi connectivity index (χ2n) is 5.67. The van der Waals surface area contributed by atoms with Crippen LogP contribution in [0.3, 0.4) is 0 Å². The number of para-hydroxylation sites is 2. The highest BCUT2D eigenvalue weighted by Gasteiger charge is 2.29. The van der Waals surface area contributed by atoms with Gasteiger partial charge in [0.15, 0.2) is 0 Å². The summed E-state index contributed by atoms with van der Waals surface area (Å²) in [5.41, 5.74) is 4.08. The Kier molecular flexibility index (Phi) is 2.17. The second-order valence-corrected chi connectivity index (χ2v) is 6.10. The monoisotopic (exact) mass is 293 g/mol. The third kappa shape index (κ3) is 1.61. The number of nitrogens with zero attached hydrogens (tertiary/aromatic N) is 3. The zero-order valence-corrected chi connectivity index (χ0v) is 12.0. The largest absolute Gasteiger partial charge is 0.279 e. The maximum absolute atomic E-state index is 6.17. The molecule has 1 aliphatic carbocycles. The van der Waals surface area contributed by atoms with E-state index in [1.54, 1.807) is 0 Å². The Balaban J connectivity index is 2.07. The predicted molar refractivity (Wildman–Crippen MR) is 85.0 cm³/mol. The van der Waals surface area contributed by atoms with Crippen LogP contribution < -0.4 is 0 Å². The fourth-order valence-corrected chi connectivity index (χ4v) is 3.18. The van der Waals surface area contributed by atoms with Crippen molar-refractivity contribution < 1.29 is 0 Å². The standard InChI is InChI=1S/C17H12ClN3/c18-11-7-8-13-12(9-11)17-20-14-3-1-2-4-15(14)21(17)16(19-13)10-5-6-10/h1-4,7-10H,5-6H2.